The zero-order chi connectivity index (χ0) is 7.61. The maximum Gasteiger partial charge on any atom is 1.00 e. The van der Waals surface area contributed by atoms with Gasteiger partial charge < -0.3 is 11.7 Å². The van der Waals surface area contributed by atoms with Gasteiger partial charge in [0.2, 0.25) is 0 Å². The summed E-state index contributed by atoms with van der Waals surface area (Å²) in [4.78, 5) is 0. The molecule has 0 spiro atoms. The average Bonchev–Trinajstić information content (AvgIpc) is 1.88. The largest absolute Gasteiger partial charge is 1.00 e. The van der Waals surface area contributed by atoms with Gasteiger partial charge in [0.15, 0.2) is 0 Å². The second kappa shape index (κ2) is 5.09. The Morgan fingerprint density at radius 2 is 1.55 bits per heavy atom. The molecule has 3 nitrogen and oxygen atoms in total. The topological polar surface area (TPSA) is 37.4 Å². The molecule has 0 amide bonds. The third kappa shape index (κ3) is 4.15. The number of hydrogen-bond donors (Lipinski definition) is 0. The Balaban J connectivity index is 0.000001000. The van der Waals surface area contributed by atoms with E-state index in [1.807, 2.05) is 0 Å². The van der Waals surface area contributed by atoms with Gasteiger partial charge >= 0.3 is 29.6 Å². The molecule has 0 aromatic carbocycles. The second-order valence-electron chi connectivity index (χ2n) is 2.42. The Labute approximate surface area is 94.7 Å². The van der Waals surface area contributed by atoms with E-state index in [-0.39, 0.29) is 29.6 Å². The molecular weight excluding hydrogens is 193 g/mol. The molecule has 1 aliphatic rings. The van der Waals surface area contributed by atoms with Crippen molar-refractivity contribution in [3.8, 4) is 0 Å². The van der Waals surface area contributed by atoms with Gasteiger partial charge in [-0.1, -0.05) is 6.42 Å². The number of rotatable bonds is 1. The molecule has 1 rings (SSSR count). The Hall–Kier alpha value is 1.26. The quantitative estimate of drug-likeness (QED) is 0.264. The molecule has 1 heterocycles. The van der Waals surface area contributed by atoms with Gasteiger partial charge in [0, 0.05) is 13.1 Å². The molecule has 0 aromatic heterocycles. The van der Waals surface area contributed by atoms with Crippen molar-refractivity contribution in [1.29, 1.82) is 0 Å². The summed E-state index contributed by atoms with van der Waals surface area (Å²) in [5.74, 6) is 0. The van der Waals surface area contributed by atoms with Crippen molar-refractivity contribution in [2.45, 2.75) is 19.3 Å². The standard InChI is InChI=1S/C5H11NO2S2.Na/c7-10(8,9)6-4-2-1-3-5-6;/h1-5H2,(H,7,8,9);/q;+1/p-1. The van der Waals surface area contributed by atoms with E-state index in [2.05, 4.69) is 11.7 Å². The normalized spacial score (nSPS) is 20.8. The first-order valence-electron chi connectivity index (χ1n) is 3.32. The molecule has 0 aliphatic carbocycles. The van der Waals surface area contributed by atoms with Crippen molar-refractivity contribution in [2.75, 3.05) is 13.1 Å². The van der Waals surface area contributed by atoms with E-state index in [0.29, 0.717) is 13.1 Å². The summed E-state index contributed by atoms with van der Waals surface area (Å²) in [5, 5.41) is 0. The minimum Gasteiger partial charge on any atom is -0.632 e. The summed E-state index contributed by atoms with van der Waals surface area (Å²) in [5.41, 5.74) is 0. The van der Waals surface area contributed by atoms with Gasteiger partial charge in [-0.3, -0.25) is 0 Å². The van der Waals surface area contributed by atoms with Crippen LogP contribution in [-0.4, -0.2) is 25.8 Å². The van der Waals surface area contributed by atoms with E-state index in [1.54, 1.807) is 0 Å². The molecule has 1 saturated heterocycles. The molecule has 1 fully saturated rings. The SMILES string of the molecule is O=S(=O)([S-])N1CCCCC1.[Na+]. The van der Waals surface area contributed by atoms with Crippen LogP contribution in [0.15, 0.2) is 0 Å². The fourth-order valence-electron chi connectivity index (χ4n) is 1.09. The van der Waals surface area contributed by atoms with Crippen molar-refractivity contribution in [2.24, 2.45) is 0 Å². The first-order chi connectivity index (χ1) is 4.61. The van der Waals surface area contributed by atoms with Crippen LogP contribution in [0.5, 0.6) is 0 Å². The van der Waals surface area contributed by atoms with Crippen LogP contribution in [0, 0.1) is 0 Å². The minimum atomic E-state index is -3.31. The van der Waals surface area contributed by atoms with Crippen molar-refractivity contribution in [3.63, 3.8) is 0 Å². The van der Waals surface area contributed by atoms with E-state index in [0.717, 1.165) is 19.3 Å². The average molecular weight is 203 g/mol. The van der Waals surface area contributed by atoms with E-state index in [4.69, 9.17) is 0 Å². The molecule has 0 unspecified atom stereocenters. The smallest absolute Gasteiger partial charge is 0.632 e. The predicted molar refractivity (Wildman–Crippen MR) is 41.7 cm³/mol. The van der Waals surface area contributed by atoms with Gasteiger partial charge in [-0.25, -0.2) is 12.7 Å². The molecule has 6 heteroatoms. The molecule has 0 aromatic rings. The molecule has 0 radical (unpaired) electrons. The van der Waals surface area contributed by atoms with Crippen LogP contribution in [0.3, 0.4) is 0 Å². The molecular formula is C5H10NNaO2S2. The monoisotopic (exact) mass is 203 g/mol. The Bertz CT molecular complexity index is 199. The molecule has 60 valence electrons. The molecule has 0 N–H and O–H groups in total. The Morgan fingerprint density at radius 3 is 1.82 bits per heavy atom. The van der Waals surface area contributed by atoms with E-state index < -0.39 is 9.06 Å². The van der Waals surface area contributed by atoms with Crippen LogP contribution in [0.2, 0.25) is 0 Å². The van der Waals surface area contributed by atoms with Gasteiger partial charge in [-0.15, -0.1) is 0 Å². The number of hydrogen-bond acceptors (Lipinski definition) is 3. The summed E-state index contributed by atoms with van der Waals surface area (Å²) in [6.07, 6.45) is 3.03. The fourth-order valence-corrected chi connectivity index (χ4v) is 2.24. The predicted octanol–water partition coefficient (Wildman–Crippen LogP) is -2.73. The minimum absolute atomic E-state index is 0. The van der Waals surface area contributed by atoms with E-state index in [1.165, 1.54) is 4.31 Å². The fraction of sp³-hybridized carbons (Fsp3) is 1.00. The van der Waals surface area contributed by atoms with Crippen molar-refractivity contribution < 1.29 is 38.0 Å². The van der Waals surface area contributed by atoms with Gasteiger partial charge in [-0.05, 0) is 12.8 Å². The van der Waals surface area contributed by atoms with E-state index >= 15 is 0 Å². The van der Waals surface area contributed by atoms with Gasteiger partial charge in [0.05, 0.1) is 9.06 Å². The van der Waals surface area contributed by atoms with Crippen LogP contribution in [0.25, 0.3) is 0 Å². The van der Waals surface area contributed by atoms with Crippen molar-refractivity contribution >= 4 is 20.7 Å². The van der Waals surface area contributed by atoms with Crippen LogP contribution < -0.4 is 29.6 Å². The Kier molecular flexibility index (Phi) is 5.67. The summed E-state index contributed by atoms with van der Waals surface area (Å²) in [6, 6.07) is 0. The molecule has 0 atom stereocenters. The van der Waals surface area contributed by atoms with Crippen LogP contribution in [-0.2, 0) is 20.7 Å². The maximum absolute atomic E-state index is 10.7. The second-order valence-corrected chi connectivity index (χ2v) is 5.05. The molecule has 11 heavy (non-hydrogen) atoms. The zero-order valence-electron chi connectivity index (χ0n) is 6.62. The third-order valence-corrected chi connectivity index (χ3v) is 3.26. The molecule has 0 saturated carbocycles. The van der Waals surface area contributed by atoms with Crippen molar-refractivity contribution in [3.05, 3.63) is 0 Å². The van der Waals surface area contributed by atoms with Gasteiger partial charge in [0.1, 0.15) is 0 Å². The van der Waals surface area contributed by atoms with E-state index in [9.17, 15) is 8.42 Å². The van der Waals surface area contributed by atoms with Crippen LogP contribution in [0.4, 0.5) is 0 Å². The number of piperidine rings is 1. The summed E-state index contributed by atoms with van der Waals surface area (Å²) >= 11 is 4.30. The number of nitrogens with zero attached hydrogens (tertiary/aromatic N) is 1. The first-order valence-corrected chi connectivity index (χ1v) is 5.68. The van der Waals surface area contributed by atoms with Gasteiger partial charge in [0.25, 0.3) is 0 Å². The summed E-state index contributed by atoms with van der Waals surface area (Å²) < 4.78 is 22.8. The Morgan fingerprint density at radius 1 is 1.09 bits per heavy atom. The third-order valence-electron chi connectivity index (χ3n) is 1.63. The van der Waals surface area contributed by atoms with Crippen molar-refractivity contribution in [1.82, 2.24) is 4.31 Å². The molecule has 0 bridgehead atoms. The molecule has 1 aliphatic heterocycles. The van der Waals surface area contributed by atoms with Crippen LogP contribution in [0.1, 0.15) is 19.3 Å². The maximum atomic E-state index is 10.7. The zero-order valence-corrected chi connectivity index (χ0v) is 10.2. The first kappa shape index (κ1) is 12.3. The van der Waals surface area contributed by atoms with Gasteiger partial charge in [-0.2, -0.15) is 0 Å². The summed E-state index contributed by atoms with van der Waals surface area (Å²) in [7, 11) is -3.31. The summed E-state index contributed by atoms with van der Waals surface area (Å²) in [6.45, 7) is 1.23. The van der Waals surface area contributed by atoms with Crippen LogP contribution >= 0.6 is 0 Å².